The van der Waals surface area contributed by atoms with Crippen molar-refractivity contribution in [3.8, 4) is 0 Å². The molecule has 0 spiro atoms. The number of likely N-dealkylation sites (tertiary alicyclic amines) is 1. The van der Waals surface area contributed by atoms with Crippen LogP contribution in [0.2, 0.25) is 0 Å². The lowest BCUT2D eigenvalue weighted by Crippen LogP contribution is -2.44. The molecular weight excluding hydrogens is 232 g/mol. The second-order valence-corrected chi connectivity index (χ2v) is 5.42. The van der Waals surface area contributed by atoms with Gasteiger partial charge in [0.2, 0.25) is 5.91 Å². The zero-order valence-electron chi connectivity index (χ0n) is 11.5. The zero-order valence-corrected chi connectivity index (χ0v) is 11.5. The minimum absolute atomic E-state index is 0.0672. The van der Waals surface area contributed by atoms with Gasteiger partial charge in [0, 0.05) is 25.0 Å². The van der Waals surface area contributed by atoms with Gasteiger partial charge in [-0.15, -0.1) is 0 Å². The molecule has 104 valence electrons. The van der Waals surface area contributed by atoms with Crippen molar-refractivity contribution in [2.45, 2.75) is 52.1 Å². The van der Waals surface area contributed by atoms with Gasteiger partial charge in [-0.3, -0.25) is 9.59 Å². The molecule has 0 aromatic rings. The Balaban J connectivity index is 2.32. The molecule has 0 radical (unpaired) electrons. The summed E-state index contributed by atoms with van der Waals surface area (Å²) in [5.41, 5.74) is 0. The summed E-state index contributed by atoms with van der Waals surface area (Å²) in [6, 6.07) is 0.416. The number of aliphatic carboxylic acids is 1. The van der Waals surface area contributed by atoms with E-state index in [2.05, 4.69) is 10.2 Å². The van der Waals surface area contributed by atoms with Crippen LogP contribution in [0.3, 0.4) is 0 Å². The number of carbonyl (C=O) groups excluding carboxylic acids is 1. The maximum Gasteiger partial charge on any atom is 0.306 e. The second kappa shape index (κ2) is 6.73. The van der Waals surface area contributed by atoms with E-state index in [0.29, 0.717) is 25.8 Å². The summed E-state index contributed by atoms with van der Waals surface area (Å²) in [5, 5.41) is 11.8. The molecule has 2 atom stereocenters. The Hall–Kier alpha value is -1.10. The van der Waals surface area contributed by atoms with Crippen molar-refractivity contribution in [3.63, 3.8) is 0 Å². The van der Waals surface area contributed by atoms with E-state index in [9.17, 15) is 9.59 Å². The Labute approximate surface area is 109 Å². The number of carboxylic acid groups (broad SMARTS) is 1. The van der Waals surface area contributed by atoms with Crippen LogP contribution in [0.15, 0.2) is 0 Å². The molecule has 0 aromatic heterocycles. The monoisotopic (exact) mass is 256 g/mol. The van der Waals surface area contributed by atoms with Crippen LogP contribution < -0.4 is 5.32 Å². The number of carboxylic acids is 1. The minimum Gasteiger partial charge on any atom is -0.481 e. The normalized spacial score (nSPS) is 25.1. The van der Waals surface area contributed by atoms with E-state index < -0.39 is 5.97 Å². The molecule has 1 heterocycles. The van der Waals surface area contributed by atoms with E-state index in [1.807, 2.05) is 20.8 Å². The number of nitrogens with one attached hydrogen (secondary N) is 1. The lowest BCUT2D eigenvalue weighted by Gasteiger charge is -2.36. The Morgan fingerprint density at radius 3 is 2.61 bits per heavy atom. The Morgan fingerprint density at radius 2 is 2.11 bits per heavy atom. The molecule has 2 unspecified atom stereocenters. The van der Waals surface area contributed by atoms with Crippen LogP contribution in [-0.4, -0.2) is 47.1 Å². The average Bonchev–Trinajstić information content (AvgIpc) is 2.26. The third-order valence-electron chi connectivity index (χ3n) is 3.44. The molecule has 0 bridgehead atoms. The molecule has 5 heteroatoms. The van der Waals surface area contributed by atoms with E-state index in [-0.39, 0.29) is 23.9 Å². The second-order valence-electron chi connectivity index (χ2n) is 5.42. The number of amides is 1. The van der Waals surface area contributed by atoms with Crippen molar-refractivity contribution in [2.75, 3.05) is 13.1 Å². The van der Waals surface area contributed by atoms with Crippen LogP contribution >= 0.6 is 0 Å². The van der Waals surface area contributed by atoms with Crippen LogP contribution in [0, 0.1) is 5.92 Å². The van der Waals surface area contributed by atoms with Gasteiger partial charge in [0.15, 0.2) is 0 Å². The molecular formula is C13H24N2O3. The summed E-state index contributed by atoms with van der Waals surface area (Å²) in [6.07, 6.45) is 1.85. The maximum absolute atomic E-state index is 11.5. The summed E-state index contributed by atoms with van der Waals surface area (Å²) in [7, 11) is 0. The lowest BCUT2D eigenvalue weighted by molar-refractivity contribution is -0.144. The summed E-state index contributed by atoms with van der Waals surface area (Å²) < 4.78 is 0. The molecule has 1 saturated heterocycles. The van der Waals surface area contributed by atoms with Crippen molar-refractivity contribution in [2.24, 2.45) is 5.92 Å². The maximum atomic E-state index is 11.5. The third kappa shape index (κ3) is 4.64. The highest BCUT2D eigenvalue weighted by atomic mass is 16.4. The van der Waals surface area contributed by atoms with E-state index in [0.717, 1.165) is 6.54 Å². The summed E-state index contributed by atoms with van der Waals surface area (Å²) in [5.74, 6) is -0.850. The summed E-state index contributed by atoms with van der Waals surface area (Å²) in [4.78, 5) is 24.7. The summed E-state index contributed by atoms with van der Waals surface area (Å²) >= 11 is 0. The van der Waals surface area contributed by atoms with Crippen molar-refractivity contribution in [1.82, 2.24) is 10.2 Å². The molecule has 0 aromatic carbocycles. The highest BCUT2D eigenvalue weighted by Gasteiger charge is 2.29. The smallest absolute Gasteiger partial charge is 0.306 e. The van der Waals surface area contributed by atoms with Crippen LogP contribution in [0.4, 0.5) is 0 Å². The third-order valence-corrected chi connectivity index (χ3v) is 3.44. The first kappa shape index (κ1) is 15.0. The van der Waals surface area contributed by atoms with Crippen molar-refractivity contribution in [1.29, 1.82) is 0 Å². The number of rotatable bonds is 5. The molecule has 0 aliphatic carbocycles. The minimum atomic E-state index is -0.695. The van der Waals surface area contributed by atoms with E-state index in [1.165, 1.54) is 0 Å². The van der Waals surface area contributed by atoms with Gasteiger partial charge in [0.05, 0.1) is 5.92 Å². The van der Waals surface area contributed by atoms with Gasteiger partial charge in [0.25, 0.3) is 0 Å². The number of nitrogens with zero attached hydrogens (tertiary/aromatic N) is 1. The topological polar surface area (TPSA) is 69.6 Å². The molecule has 1 amide bonds. The van der Waals surface area contributed by atoms with E-state index in [1.54, 1.807) is 0 Å². The first-order valence-corrected chi connectivity index (χ1v) is 6.66. The molecule has 1 aliphatic rings. The Morgan fingerprint density at radius 1 is 1.44 bits per heavy atom. The van der Waals surface area contributed by atoms with Gasteiger partial charge in [-0.25, -0.2) is 0 Å². The van der Waals surface area contributed by atoms with Crippen LogP contribution in [0.1, 0.15) is 40.0 Å². The first-order chi connectivity index (χ1) is 8.40. The fourth-order valence-corrected chi connectivity index (χ4v) is 2.42. The predicted octanol–water partition coefficient (Wildman–Crippen LogP) is 1.09. The molecule has 1 rings (SSSR count). The van der Waals surface area contributed by atoms with E-state index >= 15 is 0 Å². The van der Waals surface area contributed by atoms with Crippen LogP contribution in [-0.2, 0) is 9.59 Å². The van der Waals surface area contributed by atoms with Crippen molar-refractivity contribution in [3.05, 3.63) is 0 Å². The van der Waals surface area contributed by atoms with Crippen LogP contribution in [0.5, 0.6) is 0 Å². The quantitative estimate of drug-likeness (QED) is 0.772. The van der Waals surface area contributed by atoms with Gasteiger partial charge >= 0.3 is 5.97 Å². The Kier molecular flexibility index (Phi) is 5.59. The van der Waals surface area contributed by atoms with E-state index in [4.69, 9.17) is 5.11 Å². The van der Waals surface area contributed by atoms with Gasteiger partial charge in [-0.2, -0.15) is 0 Å². The van der Waals surface area contributed by atoms with Crippen molar-refractivity contribution >= 4 is 11.9 Å². The van der Waals surface area contributed by atoms with Gasteiger partial charge < -0.3 is 15.3 Å². The fraction of sp³-hybridized carbons (Fsp3) is 0.846. The van der Waals surface area contributed by atoms with Gasteiger partial charge in [-0.1, -0.05) is 0 Å². The Bertz CT molecular complexity index is 305. The predicted molar refractivity (Wildman–Crippen MR) is 69.3 cm³/mol. The van der Waals surface area contributed by atoms with Crippen molar-refractivity contribution < 1.29 is 14.7 Å². The highest BCUT2D eigenvalue weighted by molar-refractivity contribution is 5.76. The highest BCUT2D eigenvalue weighted by Crippen LogP contribution is 2.22. The number of hydrogen-bond acceptors (Lipinski definition) is 3. The SMILES string of the molecule is CC(C)NC(=O)CCN1CCC(C(=O)O)CC1C. The molecule has 1 aliphatic heterocycles. The van der Waals surface area contributed by atoms with Gasteiger partial charge in [0.1, 0.15) is 0 Å². The largest absolute Gasteiger partial charge is 0.481 e. The molecule has 1 fully saturated rings. The average molecular weight is 256 g/mol. The number of carbonyl (C=O) groups is 2. The van der Waals surface area contributed by atoms with Crippen LogP contribution in [0.25, 0.3) is 0 Å². The molecule has 18 heavy (non-hydrogen) atoms. The molecule has 5 nitrogen and oxygen atoms in total. The standard InChI is InChI=1S/C13H24N2O3/c1-9(2)14-12(16)5-7-15-6-4-11(13(17)18)8-10(15)3/h9-11H,4-8H2,1-3H3,(H,14,16)(H,17,18). The number of piperidine rings is 1. The summed E-state index contributed by atoms with van der Waals surface area (Å²) in [6.45, 7) is 7.41. The first-order valence-electron chi connectivity index (χ1n) is 6.66. The lowest BCUT2D eigenvalue weighted by atomic mass is 9.91. The zero-order chi connectivity index (χ0) is 13.7. The van der Waals surface area contributed by atoms with Gasteiger partial charge in [-0.05, 0) is 40.2 Å². The molecule has 2 N–H and O–H groups in total. The number of hydrogen-bond donors (Lipinski definition) is 2. The molecule has 0 saturated carbocycles. The fourth-order valence-electron chi connectivity index (χ4n) is 2.42.